The molecule has 2 bridgehead atoms. The molecule has 0 radical (unpaired) electrons. The first kappa shape index (κ1) is 22.5. The second-order valence-electron chi connectivity index (χ2n) is 11.0. The molecule has 0 aromatic heterocycles. The number of benzene rings is 2. The van der Waals surface area contributed by atoms with E-state index >= 15 is 0 Å². The van der Waals surface area contributed by atoms with Crippen LogP contribution in [-0.2, 0) is 17.6 Å². The van der Waals surface area contributed by atoms with Crippen molar-refractivity contribution in [3.63, 3.8) is 0 Å². The van der Waals surface area contributed by atoms with Crippen LogP contribution in [0.5, 0.6) is 0 Å². The average molecular weight is 447 g/mol. The molecule has 3 fully saturated rings. The Hall–Kier alpha value is -2.33. The lowest BCUT2D eigenvalue weighted by atomic mass is 9.70. The number of rotatable bonds is 5. The van der Waals surface area contributed by atoms with Crippen molar-refractivity contribution in [2.45, 2.75) is 71.4 Å². The summed E-state index contributed by atoms with van der Waals surface area (Å²) in [6.45, 7) is 9.94. The van der Waals surface area contributed by atoms with Gasteiger partial charge in [-0.15, -0.1) is 0 Å². The number of amides is 1. The number of nitrogens with one attached hydrogen (secondary N) is 1. The van der Waals surface area contributed by atoms with Crippen LogP contribution in [0.3, 0.4) is 0 Å². The Bertz CT molecular complexity index is 1010. The van der Waals surface area contributed by atoms with Gasteiger partial charge in [0.15, 0.2) is 0 Å². The van der Waals surface area contributed by atoms with Crippen LogP contribution in [0.4, 0.5) is 4.79 Å². The third-order valence-corrected chi connectivity index (χ3v) is 8.19. The normalized spacial score (nSPS) is 27.6. The summed E-state index contributed by atoms with van der Waals surface area (Å²) >= 11 is 0. The molecule has 0 unspecified atom stereocenters. The summed E-state index contributed by atoms with van der Waals surface area (Å²) in [6.07, 6.45) is 6.44. The van der Waals surface area contributed by atoms with E-state index in [2.05, 4.69) is 73.5 Å². The number of carbonyl (C=O) groups is 1. The number of aryl methyl sites for hydroxylation is 2. The highest BCUT2D eigenvalue weighted by atomic mass is 16.6. The van der Waals surface area contributed by atoms with Crippen molar-refractivity contribution in [1.82, 2.24) is 10.2 Å². The van der Waals surface area contributed by atoms with E-state index < -0.39 is 0 Å². The minimum absolute atomic E-state index is 0.0103. The van der Waals surface area contributed by atoms with Crippen molar-refractivity contribution < 1.29 is 9.53 Å². The zero-order chi connectivity index (χ0) is 23.0. The lowest BCUT2D eigenvalue weighted by Gasteiger charge is -2.44. The molecule has 176 valence electrons. The molecule has 2 atom stereocenters. The molecule has 33 heavy (non-hydrogen) atoms. The lowest BCUT2D eigenvalue weighted by Crippen LogP contribution is -2.53. The monoisotopic (exact) mass is 446 g/mol. The van der Waals surface area contributed by atoms with Gasteiger partial charge in [-0.2, -0.15) is 0 Å². The largest absolute Gasteiger partial charge is 0.445 e. The Labute approximate surface area is 198 Å². The fourth-order valence-corrected chi connectivity index (χ4v) is 6.11. The van der Waals surface area contributed by atoms with Gasteiger partial charge in [0.25, 0.3) is 0 Å². The van der Waals surface area contributed by atoms with Crippen LogP contribution < -0.4 is 5.32 Å². The van der Waals surface area contributed by atoms with Crippen molar-refractivity contribution in [2.75, 3.05) is 19.6 Å². The standard InChI is InChI=1S/C29H38N2O2/c1-4-6-20-7-5-8-22(17-20)23-9-10-25-24(18-23)11-14-29(2,3)27(25)30-28(32)33-26-19-31-15-12-21(26)13-16-31/h5,7-10,17-18,21,26-27H,4,6,11-16,19H2,1-3H3,(H,30,32)/t26-,27-/m0/s1. The highest BCUT2D eigenvalue weighted by molar-refractivity contribution is 5.70. The van der Waals surface area contributed by atoms with Crippen molar-refractivity contribution in [3.8, 4) is 11.1 Å². The van der Waals surface area contributed by atoms with Gasteiger partial charge in [0.1, 0.15) is 6.10 Å². The first-order valence-electron chi connectivity index (χ1n) is 12.8. The molecule has 1 N–H and O–H groups in total. The fraction of sp³-hybridized carbons (Fsp3) is 0.552. The van der Waals surface area contributed by atoms with Crippen molar-refractivity contribution in [3.05, 3.63) is 59.2 Å². The topological polar surface area (TPSA) is 41.6 Å². The Balaban J connectivity index is 1.34. The van der Waals surface area contributed by atoms with E-state index in [-0.39, 0.29) is 23.7 Å². The van der Waals surface area contributed by atoms with Crippen molar-refractivity contribution in [2.24, 2.45) is 11.3 Å². The maximum atomic E-state index is 13.0. The third kappa shape index (κ3) is 4.68. The summed E-state index contributed by atoms with van der Waals surface area (Å²) in [5, 5.41) is 3.28. The number of ether oxygens (including phenoxy) is 1. The molecule has 3 heterocycles. The molecule has 0 spiro atoms. The van der Waals surface area contributed by atoms with Gasteiger partial charge in [-0.1, -0.05) is 69.7 Å². The number of hydrogen-bond donors (Lipinski definition) is 1. The number of carbonyl (C=O) groups excluding carboxylic acids is 1. The van der Waals surface area contributed by atoms with Gasteiger partial charge in [0, 0.05) is 6.54 Å². The highest BCUT2D eigenvalue weighted by Crippen LogP contribution is 2.44. The molecule has 3 saturated heterocycles. The second kappa shape index (κ2) is 9.13. The van der Waals surface area contributed by atoms with E-state index in [0.717, 1.165) is 58.2 Å². The summed E-state index contributed by atoms with van der Waals surface area (Å²) in [5.41, 5.74) is 6.51. The molecule has 2 aromatic carbocycles. The molecular formula is C29H38N2O2. The smallest absolute Gasteiger partial charge is 0.407 e. The van der Waals surface area contributed by atoms with Crippen LogP contribution in [0.15, 0.2) is 42.5 Å². The molecule has 3 aliphatic heterocycles. The maximum absolute atomic E-state index is 13.0. The van der Waals surface area contributed by atoms with Gasteiger partial charge in [0.2, 0.25) is 0 Å². The fourth-order valence-electron chi connectivity index (χ4n) is 6.11. The van der Waals surface area contributed by atoms with Gasteiger partial charge in [0.05, 0.1) is 6.04 Å². The molecule has 6 rings (SSSR count). The molecule has 4 heteroatoms. The number of piperidine rings is 3. The van der Waals surface area contributed by atoms with Gasteiger partial charge in [-0.05, 0) is 84.3 Å². The van der Waals surface area contributed by atoms with Gasteiger partial charge < -0.3 is 10.1 Å². The van der Waals surface area contributed by atoms with E-state index in [4.69, 9.17) is 4.74 Å². The van der Waals surface area contributed by atoms with Crippen LogP contribution in [0.1, 0.15) is 69.2 Å². The Morgan fingerprint density at radius 1 is 1.12 bits per heavy atom. The predicted octanol–water partition coefficient (Wildman–Crippen LogP) is 6.14. The number of alkyl carbamates (subject to hydrolysis) is 1. The number of nitrogens with zero attached hydrogens (tertiary/aromatic N) is 1. The molecule has 4 nitrogen and oxygen atoms in total. The molecule has 2 aromatic rings. The zero-order valence-corrected chi connectivity index (χ0v) is 20.4. The highest BCUT2D eigenvalue weighted by Gasteiger charge is 2.40. The summed E-state index contributed by atoms with van der Waals surface area (Å²) in [7, 11) is 0. The van der Waals surface area contributed by atoms with Crippen LogP contribution in [0, 0.1) is 11.3 Å². The number of hydrogen-bond acceptors (Lipinski definition) is 3. The van der Waals surface area contributed by atoms with E-state index in [0.29, 0.717) is 5.92 Å². The van der Waals surface area contributed by atoms with Crippen LogP contribution in [0.25, 0.3) is 11.1 Å². The molecular weight excluding hydrogens is 408 g/mol. The minimum Gasteiger partial charge on any atom is -0.445 e. The van der Waals surface area contributed by atoms with Crippen LogP contribution >= 0.6 is 0 Å². The second-order valence-corrected chi connectivity index (χ2v) is 11.0. The predicted molar refractivity (Wildman–Crippen MR) is 133 cm³/mol. The Kier molecular flexibility index (Phi) is 6.22. The lowest BCUT2D eigenvalue weighted by molar-refractivity contribution is -0.0353. The van der Waals surface area contributed by atoms with Crippen molar-refractivity contribution in [1.29, 1.82) is 0 Å². The summed E-state index contributed by atoms with van der Waals surface area (Å²) in [4.78, 5) is 15.4. The van der Waals surface area contributed by atoms with Gasteiger partial charge in [-0.25, -0.2) is 4.79 Å². The average Bonchev–Trinajstić information content (AvgIpc) is 2.82. The molecule has 0 saturated carbocycles. The molecule has 1 amide bonds. The van der Waals surface area contributed by atoms with Gasteiger partial charge >= 0.3 is 6.09 Å². The first-order valence-corrected chi connectivity index (χ1v) is 12.8. The van der Waals surface area contributed by atoms with Crippen molar-refractivity contribution >= 4 is 6.09 Å². The van der Waals surface area contributed by atoms with E-state index in [1.54, 1.807) is 0 Å². The van der Waals surface area contributed by atoms with Gasteiger partial charge in [-0.3, -0.25) is 4.90 Å². The van der Waals surface area contributed by atoms with Crippen LogP contribution in [-0.4, -0.2) is 36.7 Å². The maximum Gasteiger partial charge on any atom is 0.407 e. The zero-order valence-electron chi connectivity index (χ0n) is 20.4. The quantitative estimate of drug-likeness (QED) is 0.600. The summed E-state index contributed by atoms with van der Waals surface area (Å²) in [5.74, 6) is 0.526. The first-order chi connectivity index (χ1) is 15.9. The number of fused-ring (bicyclic) bond motifs is 4. The van der Waals surface area contributed by atoms with E-state index in [9.17, 15) is 4.79 Å². The summed E-state index contributed by atoms with van der Waals surface area (Å²) in [6, 6.07) is 15.7. The van der Waals surface area contributed by atoms with Crippen LogP contribution in [0.2, 0.25) is 0 Å². The Morgan fingerprint density at radius 2 is 1.91 bits per heavy atom. The summed E-state index contributed by atoms with van der Waals surface area (Å²) < 4.78 is 5.97. The minimum atomic E-state index is -0.254. The molecule has 4 aliphatic rings. The van der Waals surface area contributed by atoms with E-state index in [1.807, 2.05) is 0 Å². The SMILES string of the molecule is CCCc1cccc(-c2ccc3c(c2)CCC(C)(C)[C@H]3NC(=O)O[C@H]2CN3CCC2CC3)c1. The third-order valence-electron chi connectivity index (χ3n) is 8.19. The van der Waals surface area contributed by atoms with E-state index in [1.165, 1.54) is 27.8 Å². The molecule has 1 aliphatic carbocycles. The Morgan fingerprint density at radius 3 is 2.64 bits per heavy atom.